The van der Waals surface area contributed by atoms with Gasteiger partial charge in [-0.2, -0.15) is 5.10 Å². The first-order chi connectivity index (χ1) is 7.09. The maximum absolute atomic E-state index is 11.7. The fraction of sp³-hybridized carbons (Fsp3) is 0.700. The van der Waals surface area contributed by atoms with Crippen molar-refractivity contribution in [2.24, 2.45) is 5.41 Å². The van der Waals surface area contributed by atoms with Crippen LogP contribution in [0.15, 0.2) is 6.33 Å². The van der Waals surface area contributed by atoms with Gasteiger partial charge in [0.2, 0.25) is 5.82 Å². The average molecular weight is 208 g/mol. The molecule has 1 unspecified atom stereocenters. The van der Waals surface area contributed by atoms with E-state index in [1.165, 1.54) is 12.7 Å². The van der Waals surface area contributed by atoms with Gasteiger partial charge < -0.3 is 5.32 Å². The molecule has 2 rings (SSSR count). The first-order valence-corrected chi connectivity index (χ1v) is 5.26. The van der Waals surface area contributed by atoms with Gasteiger partial charge in [0, 0.05) is 6.04 Å². The fourth-order valence-corrected chi connectivity index (χ4v) is 2.14. The van der Waals surface area contributed by atoms with Crippen LogP contribution in [-0.2, 0) is 0 Å². The average Bonchev–Trinajstić information content (AvgIpc) is 2.76. The molecular weight excluding hydrogens is 192 g/mol. The Balaban J connectivity index is 2.01. The smallest absolute Gasteiger partial charge is 0.288 e. The lowest BCUT2D eigenvalue weighted by molar-refractivity contribution is 0.0900. The van der Waals surface area contributed by atoms with Gasteiger partial charge in [0.15, 0.2) is 0 Å². The van der Waals surface area contributed by atoms with E-state index in [2.05, 4.69) is 34.3 Å². The molecule has 0 aliphatic heterocycles. The van der Waals surface area contributed by atoms with E-state index in [0.717, 1.165) is 12.8 Å². The van der Waals surface area contributed by atoms with Crippen molar-refractivity contribution in [3.05, 3.63) is 12.2 Å². The van der Waals surface area contributed by atoms with Gasteiger partial charge in [-0.05, 0) is 18.3 Å². The minimum absolute atomic E-state index is 0.160. The Morgan fingerprint density at radius 1 is 1.67 bits per heavy atom. The summed E-state index contributed by atoms with van der Waals surface area (Å²) in [6, 6.07) is 0.245. The van der Waals surface area contributed by atoms with E-state index in [-0.39, 0.29) is 23.2 Å². The Morgan fingerprint density at radius 2 is 2.47 bits per heavy atom. The molecule has 82 valence electrons. The van der Waals surface area contributed by atoms with Crippen LogP contribution < -0.4 is 5.32 Å². The Morgan fingerprint density at radius 3 is 3.00 bits per heavy atom. The lowest BCUT2D eigenvalue weighted by atomic mass is 9.87. The zero-order chi connectivity index (χ0) is 10.9. The van der Waals surface area contributed by atoms with Crippen molar-refractivity contribution in [1.82, 2.24) is 20.5 Å². The van der Waals surface area contributed by atoms with Crippen LogP contribution in [-0.4, -0.2) is 27.1 Å². The van der Waals surface area contributed by atoms with Crippen LogP contribution in [0.4, 0.5) is 0 Å². The van der Waals surface area contributed by atoms with Crippen LogP contribution in [0.2, 0.25) is 0 Å². The molecule has 1 aliphatic carbocycles. The summed E-state index contributed by atoms with van der Waals surface area (Å²) in [5.41, 5.74) is 0.190. The third-order valence-corrected chi connectivity index (χ3v) is 3.19. The van der Waals surface area contributed by atoms with Crippen LogP contribution in [0.25, 0.3) is 0 Å². The highest BCUT2D eigenvalue weighted by Gasteiger charge is 2.35. The molecule has 15 heavy (non-hydrogen) atoms. The fourth-order valence-electron chi connectivity index (χ4n) is 2.14. The number of hydrogen-bond donors (Lipinski definition) is 2. The van der Waals surface area contributed by atoms with Gasteiger partial charge >= 0.3 is 0 Å². The number of amides is 1. The first-order valence-electron chi connectivity index (χ1n) is 5.26. The number of carbonyl (C=O) groups is 1. The number of carbonyl (C=O) groups excluding carboxylic acids is 1. The van der Waals surface area contributed by atoms with Gasteiger partial charge in [0.05, 0.1) is 0 Å². The molecule has 1 aromatic rings. The highest BCUT2D eigenvalue weighted by Crippen LogP contribution is 2.37. The van der Waals surface area contributed by atoms with Crippen molar-refractivity contribution in [3.8, 4) is 0 Å². The molecule has 0 bridgehead atoms. The minimum atomic E-state index is -0.160. The highest BCUT2D eigenvalue weighted by atomic mass is 16.2. The lowest BCUT2D eigenvalue weighted by Gasteiger charge is -2.27. The zero-order valence-corrected chi connectivity index (χ0v) is 9.08. The van der Waals surface area contributed by atoms with Gasteiger partial charge in [-0.1, -0.05) is 20.3 Å². The second-order valence-electron chi connectivity index (χ2n) is 4.74. The van der Waals surface area contributed by atoms with Crippen molar-refractivity contribution in [2.75, 3.05) is 0 Å². The van der Waals surface area contributed by atoms with E-state index >= 15 is 0 Å². The standard InChI is InChI=1S/C10H16N4O/c1-10(2)5-3-4-7(10)13-9(15)8-11-6-12-14-8/h6-7H,3-5H2,1-2H3,(H,13,15)(H,11,12,14). The lowest BCUT2D eigenvalue weighted by Crippen LogP contribution is -2.41. The second kappa shape index (κ2) is 3.64. The number of aromatic nitrogens is 3. The van der Waals surface area contributed by atoms with Gasteiger partial charge in [-0.25, -0.2) is 4.98 Å². The number of nitrogens with zero attached hydrogens (tertiary/aromatic N) is 2. The number of aromatic amines is 1. The molecule has 1 amide bonds. The largest absolute Gasteiger partial charge is 0.346 e. The first kappa shape index (κ1) is 10.1. The number of H-pyrrole nitrogens is 1. The van der Waals surface area contributed by atoms with E-state index in [1.54, 1.807) is 0 Å². The summed E-state index contributed by atoms with van der Waals surface area (Å²) in [5, 5.41) is 9.22. The Labute approximate surface area is 88.7 Å². The van der Waals surface area contributed by atoms with Gasteiger partial charge in [0.1, 0.15) is 6.33 Å². The monoisotopic (exact) mass is 208 g/mol. The molecule has 1 atom stereocenters. The molecule has 1 fully saturated rings. The number of rotatable bonds is 2. The zero-order valence-electron chi connectivity index (χ0n) is 9.08. The van der Waals surface area contributed by atoms with Gasteiger partial charge in [0.25, 0.3) is 5.91 Å². The molecule has 5 heteroatoms. The van der Waals surface area contributed by atoms with Crippen LogP contribution in [0, 0.1) is 5.41 Å². The van der Waals surface area contributed by atoms with E-state index in [0.29, 0.717) is 0 Å². The van der Waals surface area contributed by atoms with Crippen LogP contribution in [0.1, 0.15) is 43.7 Å². The minimum Gasteiger partial charge on any atom is -0.346 e. The van der Waals surface area contributed by atoms with Gasteiger partial charge in [-0.3, -0.25) is 9.89 Å². The number of nitrogens with one attached hydrogen (secondary N) is 2. The van der Waals surface area contributed by atoms with Crippen LogP contribution in [0.5, 0.6) is 0 Å². The number of hydrogen-bond acceptors (Lipinski definition) is 3. The molecule has 5 nitrogen and oxygen atoms in total. The summed E-state index contributed by atoms with van der Waals surface area (Å²) in [5.74, 6) is 0.130. The predicted molar refractivity (Wildman–Crippen MR) is 55.3 cm³/mol. The van der Waals surface area contributed by atoms with E-state index in [1.807, 2.05) is 0 Å². The maximum Gasteiger partial charge on any atom is 0.288 e. The van der Waals surface area contributed by atoms with E-state index in [4.69, 9.17) is 0 Å². The predicted octanol–water partition coefficient (Wildman–Crippen LogP) is 1.11. The SMILES string of the molecule is CC1(C)CCCC1NC(=O)c1ncn[nH]1. The highest BCUT2D eigenvalue weighted by molar-refractivity contribution is 5.90. The molecule has 2 N–H and O–H groups in total. The summed E-state index contributed by atoms with van der Waals surface area (Å²) in [4.78, 5) is 15.5. The summed E-state index contributed by atoms with van der Waals surface area (Å²) in [6.07, 6.45) is 4.73. The van der Waals surface area contributed by atoms with Crippen molar-refractivity contribution < 1.29 is 4.79 Å². The van der Waals surface area contributed by atoms with Crippen molar-refractivity contribution in [2.45, 2.75) is 39.2 Å². The van der Waals surface area contributed by atoms with E-state index < -0.39 is 0 Å². The molecular formula is C10H16N4O. The van der Waals surface area contributed by atoms with Crippen LogP contribution >= 0.6 is 0 Å². The Kier molecular flexibility index (Phi) is 2.46. The van der Waals surface area contributed by atoms with Crippen LogP contribution in [0.3, 0.4) is 0 Å². The summed E-state index contributed by atoms with van der Waals surface area (Å²) >= 11 is 0. The normalized spacial score (nSPS) is 24.0. The Hall–Kier alpha value is -1.39. The molecule has 1 aliphatic rings. The van der Waals surface area contributed by atoms with Crippen molar-refractivity contribution in [1.29, 1.82) is 0 Å². The topological polar surface area (TPSA) is 70.7 Å². The van der Waals surface area contributed by atoms with Gasteiger partial charge in [-0.15, -0.1) is 0 Å². The Bertz CT molecular complexity index is 344. The van der Waals surface area contributed by atoms with Crippen molar-refractivity contribution >= 4 is 5.91 Å². The molecule has 0 saturated heterocycles. The third kappa shape index (κ3) is 2.00. The second-order valence-corrected chi connectivity index (χ2v) is 4.74. The molecule has 1 aromatic heterocycles. The quantitative estimate of drug-likeness (QED) is 0.765. The maximum atomic E-state index is 11.7. The molecule has 1 heterocycles. The summed E-state index contributed by atoms with van der Waals surface area (Å²) < 4.78 is 0. The molecule has 0 aromatic carbocycles. The van der Waals surface area contributed by atoms with E-state index in [9.17, 15) is 4.79 Å². The summed E-state index contributed by atoms with van der Waals surface area (Å²) in [7, 11) is 0. The molecule has 0 spiro atoms. The summed E-state index contributed by atoms with van der Waals surface area (Å²) in [6.45, 7) is 4.37. The van der Waals surface area contributed by atoms with Crippen molar-refractivity contribution in [3.63, 3.8) is 0 Å². The molecule has 0 radical (unpaired) electrons. The third-order valence-electron chi connectivity index (χ3n) is 3.19. The molecule has 1 saturated carbocycles.